The third-order valence-corrected chi connectivity index (χ3v) is 8.35. The predicted octanol–water partition coefficient (Wildman–Crippen LogP) is 5.91. The minimum atomic E-state index is -1.16. The van der Waals surface area contributed by atoms with E-state index in [0.29, 0.717) is 16.6 Å². The van der Waals surface area contributed by atoms with Gasteiger partial charge in [0.15, 0.2) is 5.82 Å². The first kappa shape index (κ1) is 31.6. The Hall–Kier alpha value is -4.37. The predicted molar refractivity (Wildman–Crippen MR) is 170 cm³/mol. The van der Waals surface area contributed by atoms with Crippen molar-refractivity contribution in [3.63, 3.8) is 0 Å². The molecular weight excluding hydrogens is 560 g/mol. The summed E-state index contributed by atoms with van der Waals surface area (Å²) in [7, 11) is 0. The van der Waals surface area contributed by atoms with Gasteiger partial charge in [0.25, 0.3) is 5.91 Å². The minimum absolute atomic E-state index is 0.105. The van der Waals surface area contributed by atoms with Crippen molar-refractivity contribution in [2.45, 2.75) is 58.9 Å². The highest BCUT2D eigenvalue weighted by atomic mass is 32.1. The van der Waals surface area contributed by atoms with E-state index < -0.39 is 24.5 Å². The maximum Gasteiger partial charge on any atom is 0.322 e. The van der Waals surface area contributed by atoms with E-state index in [4.69, 9.17) is 5.11 Å². The van der Waals surface area contributed by atoms with Gasteiger partial charge in [0.05, 0.1) is 4.88 Å². The zero-order chi connectivity index (χ0) is 31.1. The van der Waals surface area contributed by atoms with Crippen LogP contribution in [0.4, 0.5) is 0 Å². The number of amides is 2. The van der Waals surface area contributed by atoms with E-state index in [1.54, 1.807) is 6.07 Å². The summed E-state index contributed by atoms with van der Waals surface area (Å²) < 4.78 is 0. The highest BCUT2D eigenvalue weighted by Crippen LogP contribution is 2.29. The first-order valence-electron chi connectivity index (χ1n) is 14.3. The van der Waals surface area contributed by atoms with Crippen LogP contribution in [0.5, 0.6) is 0 Å². The Morgan fingerprint density at radius 2 is 1.40 bits per heavy atom. The van der Waals surface area contributed by atoms with Crippen LogP contribution in [0.1, 0.15) is 60.3 Å². The van der Waals surface area contributed by atoms with Crippen molar-refractivity contribution < 1.29 is 19.5 Å². The second kappa shape index (κ2) is 13.7. The van der Waals surface area contributed by atoms with Crippen molar-refractivity contribution >= 4 is 29.1 Å². The van der Waals surface area contributed by atoms with Gasteiger partial charge in [-0.3, -0.25) is 14.4 Å². The molecule has 0 aliphatic carbocycles. The lowest BCUT2D eigenvalue weighted by atomic mass is 9.95. The Morgan fingerprint density at radius 1 is 0.814 bits per heavy atom. The molecule has 3 N–H and O–H groups in total. The Morgan fingerprint density at radius 3 is 1.93 bits per heavy atom. The molecule has 4 rings (SSSR count). The summed E-state index contributed by atoms with van der Waals surface area (Å²) in [6.45, 7) is 10.1. The molecule has 1 atom stereocenters. The third kappa shape index (κ3) is 8.81. The normalized spacial score (nSPS) is 12.1. The maximum atomic E-state index is 13.0. The molecule has 2 amide bonds. The molecular formula is C34H38N4O4S. The molecule has 0 aliphatic heterocycles. The van der Waals surface area contributed by atoms with Crippen LogP contribution in [-0.4, -0.2) is 45.4 Å². The highest BCUT2D eigenvalue weighted by Gasteiger charge is 2.25. The molecule has 43 heavy (non-hydrogen) atoms. The van der Waals surface area contributed by atoms with Gasteiger partial charge in [0, 0.05) is 34.8 Å². The number of carbonyl (C=O) groups excluding carboxylic acids is 2. The number of thiophene rings is 1. The fraction of sp³-hybridized carbons (Fsp3) is 0.324. The van der Waals surface area contributed by atoms with Gasteiger partial charge in [-0.15, -0.1) is 11.3 Å². The van der Waals surface area contributed by atoms with Crippen LogP contribution in [0.15, 0.2) is 73.1 Å². The fourth-order valence-corrected chi connectivity index (χ4v) is 5.51. The fourth-order valence-electron chi connectivity index (χ4n) is 4.54. The van der Waals surface area contributed by atoms with Gasteiger partial charge in [-0.1, -0.05) is 83.1 Å². The van der Waals surface area contributed by atoms with Crippen molar-refractivity contribution in [2.24, 2.45) is 5.92 Å². The number of carbonyl (C=O) groups is 3. The van der Waals surface area contributed by atoms with Crippen molar-refractivity contribution in [2.75, 3.05) is 6.54 Å². The molecule has 2 aromatic heterocycles. The molecule has 1 unspecified atom stereocenters. The summed E-state index contributed by atoms with van der Waals surface area (Å²) in [4.78, 5) is 47.6. The van der Waals surface area contributed by atoms with Crippen LogP contribution in [0.2, 0.25) is 0 Å². The molecule has 0 saturated heterocycles. The summed E-state index contributed by atoms with van der Waals surface area (Å²) in [5, 5.41) is 14.2. The van der Waals surface area contributed by atoms with E-state index in [1.807, 2.05) is 42.7 Å². The van der Waals surface area contributed by atoms with Gasteiger partial charge >= 0.3 is 5.97 Å². The molecule has 2 aromatic carbocycles. The second-order valence-electron chi connectivity index (χ2n) is 12.0. The number of carboxylic acid groups (broad SMARTS) is 1. The van der Waals surface area contributed by atoms with E-state index in [1.165, 1.54) is 16.9 Å². The molecule has 8 nitrogen and oxygen atoms in total. The number of benzene rings is 2. The number of aliphatic carboxylic acids is 1. The molecule has 224 valence electrons. The SMILES string of the molecule is CC(C)Cc1ccc(-c2cnc(-c3ccc(CC(NC(=O)c4ccc(C(C)(C)C)s4)C(=O)NCC(=O)O)cc3)nc2)cc1. The zero-order valence-electron chi connectivity index (χ0n) is 25.2. The van der Waals surface area contributed by atoms with Gasteiger partial charge in [-0.05, 0) is 46.6 Å². The quantitative estimate of drug-likeness (QED) is 0.197. The van der Waals surface area contributed by atoms with Crippen LogP contribution < -0.4 is 10.6 Å². The van der Waals surface area contributed by atoms with E-state index in [-0.39, 0.29) is 17.7 Å². The topological polar surface area (TPSA) is 121 Å². The molecule has 0 spiro atoms. The van der Waals surface area contributed by atoms with Gasteiger partial charge in [-0.25, -0.2) is 9.97 Å². The molecule has 4 aromatic rings. The van der Waals surface area contributed by atoms with Crippen LogP contribution in [0.25, 0.3) is 22.5 Å². The number of hydrogen-bond donors (Lipinski definition) is 3. The lowest BCUT2D eigenvalue weighted by molar-refractivity contribution is -0.138. The van der Waals surface area contributed by atoms with Crippen molar-refractivity contribution in [1.82, 2.24) is 20.6 Å². The highest BCUT2D eigenvalue weighted by molar-refractivity contribution is 7.14. The maximum absolute atomic E-state index is 13.0. The summed E-state index contributed by atoms with van der Waals surface area (Å²) >= 11 is 1.38. The average Bonchev–Trinajstić information content (AvgIpc) is 3.48. The van der Waals surface area contributed by atoms with Crippen LogP contribution in [-0.2, 0) is 27.8 Å². The first-order valence-corrected chi connectivity index (χ1v) is 15.1. The molecule has 0 radical (unpaired) electrons. The van der Waals surface area contributed by atoms with E-state index in [2.05, 4.69) is 79.5 Å². The second-order valence-corrected chi connectivity index (χ2v) is 13.1. The Labute approximate surface area is 256 Å². The molecule has 2 heterocycles. The minimum Gasteiger partial charge on any atom is -0.480 e. The van der Waals surface area contributed by atoms with Crippen molar-refractivity contribution in [1.29, 1.82) is 0 Å². The Kier molecular flexibility index (Phi) is 10.1. The number of nitrogens with one attached hydrogen (secondary N) is 2. The Balaban J connectivity index is 1.45. The van der Waals surface area contributed by atoms with E-state index in [0.717, 1.165) is 33.6 Å². The number of aromatic nitrogens is 2. The molecule has 0 fully saturated rings. The van der Waals surface area contributed by atoms with Crippen LogP contribution in [0.3, 0.4) is 0 Å². The van der Waals surface area contributed by atoms with Crippen molar-refractivity contribution in [3.05, 3.63) is 93.9 Å². The average molecular weight is 599 g/mol. The van der Waals surface area contributed by atoms with Gasteiger partial charge in [0.1, 0.15) is 12.6 Å². The smallest absolute Gasteiger partial charge is 0.322 e. The summed E-state index contributed by atoms with van der Waals surface area (Å²) in [6, 6.07) is 18.6. The van der Waals surface area contributed by atoms with Crippen LogP contribution >= 0.6 is 11.3 Å². The standard InChI is InChI=1S/C34H38N4O4S/c1-21(2)16-22-6-10-24(11-7-22)26-18-35-31(36-19-26)25-12-8-23(9-13-25)17-27(32(41)37-20-30(39)40)38-33(42)28-14-15-29(43-28)34(3,4)5/h6-15,18-19,21,27H,16-17,20H2,1-5H3,(H,37,41)(H,38,42)(H,39,40). The van der Waals surface area contributed by atoms with Gasteiger partial charge < -0.3 is 15.7 Å². The van der Waals surface area contributed by atoms with E-state index in [9.17, 15) is 14.4 Å². The molecule has 9 heteroatoms. The number of rotatable bonds is 11. The van der Waals surface area contributed by atoms with Crippen molar-refractivity contribution in [3.8, 4) is 22.5 Å². The Bertz CT molecular complexity index is 1550. The molecule has 0 aliphatic rings. The molecule has 0 saturated carbocycles. The molecule has 0 bridgehead atoms. The summed E-state index contributed by atoms with van der Waals surface area (Å²) in [6.07, 6.45) is 4.84. The monoisotopic (exact) mass is 598 g/mol. The lowest BCUT2D eigenvalue weighted by Crippen LogP contribution is -2.49. The first-order chi connectivity index (χ1) is 20.4. The van der Waals surface area contributed by atoms with Gasteiger partial charge in [0.2, 0.25) is 5.91 Å². The van der Waals surface area contributed by atoms with Crippen LogP contribution in [0, 0.1) is 5.92 Å². The lowest BCUT2D eigenvalue weighted by Gasteiger charge is -2.18. The third-order valence-electron chi connectivity index (χ3n) is 6.84. The van der Waals surface area contributed by atoms with E-state index >= 15 is 0 Å². The number of hydrogen-bond acceptors (Lipinski definition) is 6. The zero-order valence-corrected chi connectivity index (χ0v) is 26.0. The number of carboxylic acids is 1. The number of nitrogens with zero attached hydrogens (tertiary/aromatic N) is 2. The van der Waals surface area contributed by atoms with Gasteiger partial charge in [-0.2, -0.15) is 0 Å². The largest absolute Gasteiger partial charge is 0.480 e. The summed E-state index contributed by atoms with van der Waals surface area (Å²) in [5.41, 5.74) is 4.79. The summed E-state index contributed by atoms with van der Waals surface area (Å²) in [5.74, 6) is -0.931.